The molecule has 146 valence electrons. The summed E-state index contributed by atoms with van der Waals surface area (Å²) in [6, 6.07) is 13.6. The summed E-state index contributed by atoms with van der Waals surface area (Å²) < 4.78 is 0. The zero-order chi connectivity index (χ0) is 20.3. The molecule has 0 amide bonds. The van der Waals surface area contributed by atoms with E-state index in [0.717, 1.165) is 36.6 Å². The number of rotatable bonds is 5. The third kappa shape index (κ3) is 3.71. The minimum absolute atomic E-state index is 0.135. The zero-order valence-corrected chi connectivity index (χ0v) is 15.8. The maximum absolute atomic E-state index is 11.4. The van der Waals surface area contributed by atoms with Gasteiger partial charge in [-0.2, -0.15) is 5.10 Å². The van der Waals surface area contributed by atoms with E-state index in [9.17, 15) is 20.2 Å². The first-order chi connectivity index (χ1) is 13.3. The van der Waals surface area contributed by atoms with E-state index in [1.807, 2.05) is 18.2 Å². The second-order valence-electron chi connectivity index (χ2n) is 7.32. The Bertz CT molecular complexity index is 929. The van der Waals surface area contributed by atoms with Crippen LogP contribution in [-0.4, -0.2) is 15.6 Å². The van der Waals surface area contributed by atoms with Gasteiger partial charge in [-0.3, -0.25) is 25.7 Å². The Kier molecular flexibility index (Phi) is 5.39. The van der Waals surface area contributed by atoms with Crippen LogP contribution in [0, 0.1) is 26.1 Å². The Morgan fingerprint density at radius 3 is 2.46 bits per heavy atom. The van der Waals surface area contributed by atoms with Gasteiger partial charge in [0.1, 0.15) is 5.69 Å². The van der Waals surface area contributed by atoms with Crippen molar-refractivity contribution in [3.63, 3.8) is 0 Å². The average molecular weight is 382 g/mol. The first-order valence-electron chi connectivity index (χ1n) is 9.15. The van der Waals surface area contributed by atoms with Gasteiger partial charge in [0.25, 0.3) is 5.69 Å². The molecule has 1 fully saturated rings. The molecule has 1 saturated carbocycles. The molecular formula is C20H22N4O4. The topological polar surface area (TPSA) is 111 Å². The fourth-order valence-electron chi connectivity index (χ4n) is 3.90. The third-order valence-electron chi connectivity index (χ3n) is 5.44. The van der Waals surface area contributed by atoms with E-state index in [0.29, 0.717) is 0 Å². The van der Waals surface area contributed by atoms with Crippen molar-refractivity contribution in [2.75, 3.05) is 5.43 Å². The molecule has 0 bridgehead atoms. The summed E-state index contributed by atoms with van der Waals surface area (Å²) in [6.45, 7) is 4.24. The van der Waals surface area contributed by atoms with Crippen molar-refractivity contribution >= 4 is 22.8 Å². The van der Waals surface area contributed by atoms with E-state index in [2.05, 4.69) is 36.5 Å². The van der Waals surface area contributed by atoms with Crippen LogP contribution in [0.25, 0.3) is 0 Å². The fraction of sp³-hybridized carbons (Fsp3) is 0.350. The molecule has 28 heavy (non-hydrogen) atoms. The molecule has 0 radical (unpaired) electrons. The van der Waals surface area contributed by atoms with Crippen molar-refractivity contribution in [3.05, 3.63) is 74.3 Å². The Balaban J connectivity index is 1.99. The molecule has 1 N–H and O–H groups in total. The van der Waals surface area contributed by atoms with Gasteiger partial charge in [0.2, 0.25) is 0 Å². The average Bonchev–Trinajstić information content (AvgIpc) is 2.68. The van der Waals surface area contributed by atoms with Crippen LogP contribution < -0.4 is 5.43 Å². The van der Waals surface area contributed by atoms with Gasteiger partial charge in [0.15, 0.2) is 0 Å². The smallest absolute Gasteiger partial charge is 0.272 e. The van der Waals surface area contributed by atoms with E-state index < -0.39 is 9.85 Å². The molecule has 2 aromatic rings. The predicted molar refractivity (Wildman–Crippen MR) is 108 cm³/mol. The van der Waals surface area contributed by atoms with Crippen LogP contribution >= 0.6 is 0 Å². The normalized spacial score (nSPS) is 23.4. The number of benzene rings is 2. The van der Waals surface area contributed by atoms with Crippen molar-refractivity contribution in [1.82, 2.24) is 0 Å². The molecule has 0 heterocycles. The molecule has 2 aromatic carbocycles. The van der Waals surface area contributed by atoms with Crippen molar-refractivity contribution in [2.24, 2.45) is 11.0 Å². The predicted octanol–water partition coefficient (Wildman–Crippen LogP) is 5.05. The van der Waals surface area contributed by atoms with Crippen molar-refractivity contribution in [3.8, 4) is 0 Å². The molecule has 2 atom stereocenters. The molecule has 3 rings (SSSR count). The number of nitrogens with one attached hydrogen (secondary N) is 1. The molecule has 2 unspecified atom stereocenters. The number of nitro groups is 2. The highest BCUT2D eigenvalue weighted by molar-refractivity contribution is 5.97. The number of nitro benzene ring substituents is 2. The van der Waals surface area contributed by atoms with Crippen LogP contribution in [0.3, 0.4) is 0 Å². The highest BCUT2D eigenvalue weighted by Crippen LogP contribution is 2.40. The highest BCUT2D eigenvalue weighted by atomic mass is 16.6. The molecule has 0 saturated heterocycles. The number of anilines is 1. The number of hydrogen-bond donors (Lipinski definition) is 1. The summed E-state index contributed by atoms with van der Waals surface area (Å²) in [6.07, 6.45) is 3.00. The monoisotopic (exact) mass is 382 g/mol. The maximum Gasteiger partial charge on any atom is 0.301 e. The number of non-ortho nitro benzene ring substituents is 1. The highest BCUT2D eigenvalue weighted by Gasteiger charge is 2.38. The molecule has 8 heteroatoms. The first kappa shape index (κ1) is 19.5. The van der Waals surface area contributed by atoms with Gasteiger partial charge in [-0.05, 0) is 30.4 Å². The molecule has 1 aliphatic rings. The number of nitrogens with zero attached hydrogens (tertiary/aromatic N) is 3. The number of hydrogen-bond acceptors (Lipinski definition) is 6. The van der Waals surface area contributed by atoms with Crippen LogP contribution in [0.1, 0.15) is 38.7 Å². The maximum atomic E-state index is 11.4. The lowest BCUT2D eigenvalue weighted by atomic mass is 9.66. The van der Waals surface area contributed by atoms with Gasteiger partial charge in [0, 0.05) is 11.5 Å². The second-order valence-corrected chi connectivity index (χ2v) is 7.32. The third-order valence-corrected chi connectivity index (χ3v) is 5.44. The molecule has 0 spiro atoms. The molecule has 8 nitrogen and oxygen atoms in total. The minimum atomic E-state index is -0.654. The van der Waals surface area contributed by atoms with Gasteiger partial charge < -0.3 is 0 Å². The van der Waals surface area contributed by atoms with Gasteiger partial charge in [0.05, 0.1) is 21.6 Å². The zero-order valence-electron chi connectivity index (χ0n) is 15.8. The van der Waals surface area contributed by atoms with Gasteiger partial charge in [-0.25, -0.2) is 0 Å². The quantitative estimate of drug-likeness (QED) is 0.574. The van der Waals surface area contributed by atoms with E-state index in [-0.39, 0.29) is 28.4 Å². The molecule has 1 aliphatic carbocycles. The summed E-state index contributed by atoms with van der Waals surface area (Å²) in [5, 5.41) is 26.8. The van der Waals surface area contributed by atoms with E-state index in [1.165, 1.54) is 12.1 Å². The minimum Gasteiger partial charge on any atom is -0.272 e. The lowest BCUT2D eigenvalue weighted by Gasteiger charge is -2.39. The van der Waals surface area contributed by atoms with Crippen molar-refractivity contribution < 1.29 is 9.85 Å². The number of hydrazone groups is 1. The summed E-state index contributed by atoms with van der Waals surface area (Å²) in [7, 11) is 0. The molecule has 0 aliphatic heterocycles. The van der Waals surface area contributed by atoms with E-state index >= 15 is 0 Å². The van der Waals surface area contributed by atoms with E-state index in [4.69, 9.17) is 0 Å². The molecule has 0 aromatic heterocycles. The Morgan fingerprint density at radius 2 is 1.82 bits per heavy atom. The lowest BCUT2D eigenvalue weighted by molar-refractivity contribution is -0.393. The summed E-state index contributed by atoms with van der Waals surface area (Å²) in [5.41, 5.74) is 4.05. The fourth-order valence-corrected chi connectivity index (χ4v) is 3.90. The van der Waals surface area contributed by atoms with Crippen molar-refractivity contribution in [1.29, 1.82) is 0 Å². The largest absolute Gasteiger partial charge is 0.301 e. The van der Waals surface area contributed by atoms with Gasteiger partial charge >= 0.3 is 5.69 Å². The Hall–Kier alpha value is -3.29. The van der Waals surface area contributed by atoms with Crippen LogP contribution in [0.4, 0.5) is 17.1 Å². The summed E-state index contributed by atoms with van der Waals surface area (Å²) in [5.74, 6) is 0.212. The molecular weight excluding hydrogens is 360 g/mol. The van der Waals surface area contributed by atoms with Crippen LogP contribution in [0.2, 0.25) is 0 Å². The van der Waals surface area contributed by atoms with Crippen LogP contribution in [-0.2, 0) is 5.41 Å². The summed E-state index contributed by atoms with van der Waals surface area (Å²) >= 11 is 0. The Morgan fingerprint density at radius 1 is 1.11 bits per heavy atom. The van der Waals surface area contributed by atoms with Crippen LogP contribution in [0.5, 0.6) is 0 Å². The summed E-state index contributed by atoms with van der Waals surface area (Å²) in [4.78, 5) is 21.0. The first-order valence-corrected chi connectivity index (χ1v) is 9.15. The van der Waals surface area contributed by atoms with Gasteiger partial charge in [-0.1, -0.05) is 50.6 Å². The van der Waals surface area contributed by atoms with Gasteiger partial charge in [-0.15, -0.1) is 0 Å². The van der Waals surface area contributed by atoms with Crippen molar-refractivity contribution in [2.45, 2.75) is 38.5 Å². The Labute approximate surface area is 162 Å². The SMILES string of the molecule is CC1CCCC(C)(c2ccccc2)C1=NNc1ccc([N+](=O)[O-])cc1[N+](=O)[O-]. The lowest BCUT2D eigenvalue weighted by Crippen LogP contribution is -2.41. The standard InChI is InChI=1S/C20H22N4O4/c1-14-7-6-12-20(2,15-8-4-3-5-9-15)19(14)22-21-17-11-10-16(23(25)26)13-18(17)24(27)28/h3-5,8-11,13-14,21H,6-7,12H2,1-2H3. The second kappa shape index (κ2) is 7.75. The van der Waals surface area contributed by atoms with E-state index in [1.54, 1.807) is 0 Å². The van der Waals surface area contributed by atoms with Crippen LogP contribution in [0.15, 0.2) is 53.6 Å².